The van der Waals surface area contributed by atoms with Gasteiger partial charge in [0, 0.05) is 35.1 Å². The zero-order valence-electron chi connectivity index (χ0n) is 24.4. The van der Waals surface area contributed by atoms with Crippen LogP contribution in [0, 0.1) is 0 Å². The molecule has 5 aliphatic heterocycles. The molecule has 244 valence electrons. The summed E-state index contributed by atoms with van der Waals surface area (Å²) in [6, 6.07) is 7.44. The normalized spacial score (nSPS) is 34.0. The van der Waals surface area contributed by atoms with Gasteiger partial charge in [-0.3, -0.25) is 19.3 Å². The van der Waals surface area contributed by atoms with E-state index in [2.05, 4.69) is 10.6 Å². The predicted molar refractivity (Wildman–Crippen MR) is 156 cm³/mol. The van der Waals surface area contributed by atoms with E-state index < -0.39 is 48.8 Å². The number of aliphatic hydroxyl groups is 2. The quantitative estimate of drug-likeness (QED) is 0.105. The molecule has 4 amide bonds. The second kappa shape index (κ2) is 14.2. The van der Waals surface area contributed by atoms with E-state index in [-0.39, 0.29) is 50.4 Å². The first kappa shape index (κ1) is 31.9. The maximum Gasteiger partial charge on any atom is 0.315 e. The van der Waals surface area contributed by atoms with Gasteiger partial charge in [0.05, 0.1) is 31.8 Å². The second-order valence-corrected chi connectivity index (χ2v) is 12.9. The van der Waals surface area contributed by atoms with Gasteiger partial charge in [-0.05, 0) is 18.4 Å². The molecule has 0 bridgehead atoms. The Morgan fingerprint density at radius 3 is 2.58 bits per heavy atom. The lowest BCUT2D eigenvalue weighted by Crippen LogP contribution is -2.62. The fourth-order valence-corrected chi connectivity index (χ4v) is 7.60. The van der Waals surface area contributed by atoms with Gasteiger partial charge in [-0.2, -0.15) is 11.8 Å². The van der Waals surface area contributed by atoms with Gasteiger partial charge in [0.25, 0.3) is 11.8 Å². The third-order valence-corrected chi connectivity index (χ3v) is 10.0. The molecule has 5 heterocycles. The number of nitrogens with one attached hydrogen (secondary N) is 2. The lowest BCUT2D eigenvalue weighted by Gasteiger charge is -2.46. The van der Waals surface area contributed by atoms with Crippen molar-refractivity contribution in [2.75, 3.05) is 25.5 Å². The van der Waals surface area contributed by atoms with Crippen LogP contribution >= 0.6 is 11.8 Å². The molecule has 4 fully saturated rings. The highest BCUT2D eigenvalue weighted by Crippen LogP contribution is 2.35. The number of ether oxygens (including phenoxy) is 5. The van der Waals surface area contributed by atoms with Crippen LogP contribution in [0.4, 0.5) is 4.79 Å². The van der Waals surface area contributed by atoms with Crippen LogP contribution in [0.5, 0.6) is 0 Å². The SMILES string of the molecule is O=C1N[C@H]2[C@H](CS[C@H]2CCCCC(=O)OCc2ccc(C3OC[C@H]4O[C@@H](OCCN5C(=O)C=CC5=O)[C@H](O)[C@@H](O)C4O3)cc2)N1. The monoisotopic (exact) mass is 647 g/mol. The molecule has 4 N–H and O–H groups in total. The molecule has 14 nitrogen and oxygen atoms in total. The van der Waals surface area contributed by atoms with Crippen LogP contribution in [0.25, 0.3) is 0 Å². The van der Waals surface area contributed by atoms with Gasteiger partial charge in [-0.15, -0.1) is 0 Å². The molecule has 2 unspecified atom stereocenters. The van der Waals surface area contributed by atoms with Crippen LogP contribution in [0.15, 0.2) is 36.4 Å². The third-order valence-electron chi connectivity index (χ3n) is 8.54. The van der Waals surface area contributed by atoms with Crippen LogP contribution in [0.3, 0.4) is 0 Å². The minimum absolute atomic E-state index is 0.0206. The number of imide groups is 1. The van der Waals surface area contributed by atoms with Crippen molar-refractivity contribution in [3.63, 3.8) is 0 Å². The molecule has 1 aromatic carbocycles. The molecule has 5 aliphatic rings. The molecule has 1 aromatic rings. The van der Waals surface area contributed by atoms with E-state index in [4.69, 9.17) is 23.7 Å². The van der Waals surface area contributed by atoms with E-state index in [0.29, 0.717) is 17.2 Å². The minimum atomic E-state index is -1.42. The summed E-state index contributed by atoms with van der Waals surface area (Å²) < 4.78 is 28.5. The van der Waals surface area contributed by atoms with Crippen molar-refractivity contribution in [1.82, 2.24) is 15.5 Å². The number of urea groups is 1. The van der Waals surface area contributed by atoms with Crippen molar-refractivity contribution in [1.29, 1.82) is 0 Å². The molecule has 6 rings (SSSR count). The second-order valence-electron chi connectivity index (χ2n) is 11.6. The van der Waals surface area contributed by atoms with E-state index in [1.54, 1.807) is 24.3 Å². The molecule has 0 saturated carbocycles. The summed E-state index contributed by atoms with van der Waals surface area (Å²) in [6.45, 7) is 0.0924. The van der Waals surface area contributed by atoms with E-state index in [0.717, 1.165) is 35.5 Å². The number of fused-ring (bicyclic) bond motifs is 2. The zero-order valence-corrected chi connectivity index (χ0v) is 25.3. The molecular formula is C30H37N3O11S. The van der Waals surface area contributed by atoms with Gasteiger partial charge in [-0.25, -0.2) is 4.79 Å². The summed E-state index contributed by atoms with van der Waals surface area (Å²) in [7, 11) is 0. The van der Waals surface area contributed by atoms with E-state index in [1.807, 2.05) is 11.8 Å². The number of aliphatic hydroxyl groups excluding tert-OH is 2. The van der Waals surface area contributed by atoms with Crippen molar-refractivity contribution < 1.29 is 53.1 Å². The molecule has 0 aromatic heterocycles. The standard InChI is InChI=1S/C30H37N3O11S/c34-21-9-10-22(35)33(21)11-12-40-29-26(38)25(37)27-19(43-29)14-42-28(44-27)17-7-5-16(6-8-17)13-41-23(36)4-2-1-3-20-24-18(15-45-20)31-30(39)32-24/h5-10,18-20,24-29,37-38H,1-4,11-15H2,(H2,31,32,39)/t18-,19+,20-,24-,25+,26+,27?,28?,29+/m0/s1. The van der Waals surface area contributed by atoms with Gasteiger partial charge in [0.15, 0.2) is 12.6 Å². The summed E-state index contributed by atoms with van der Waals surface area (Å²) in [6.07, 6.45) is -1.13. The topological polar surface area (TPSA) is 182 Å². The lowest BCUT2D eigenvalue weighted by atomic mass is 9.98. The van der Waals surface area contributed by atoms with Crippen LogP contribution in [0.2, 0.25) is 0 Å². The fraction of sp³-hybridized carbons (Fsp3) is 0.600. The Bertz CT molecular complexity index is 1280. The summed E-state index contributed by atoms with van der Waals surface area (Å²) in [4.78, 5) is 48.2. The Morgan fingerprint density at radius 2 is 1.80 bits per heavy atom. The maximum atomic E-state index is 12.3. The van der Waals surface area contributed by atoms with Crippen molar-refractivity contribution in [3.05, 3.63) is 47.5 Å². The smallest absolute Gasteiger partial charge is 0.315 e. The number of carbonyl (C=O) groups excluding carboxylic acids is 4. The summed E-state index contributed by atoms with van der Waals surface area (Å²) >= 11 is 1.86. The Kier molecular flexibility index (Phi) is 10.0. The van der Waals surface area contributed by atoms with E-state index in [1.165, 1.54) is 12.2 Å². The number of unbranched alkanes of at least 4 members (excludes halogenated alkanes) is 1. The van der Waals surface area contributed by atoms with Gasteiger partial charge < -0.3 is 44.5 Å². The molecule has 15 heteroatoms. The number of nitrogens with zero attached hydrogens (tertiary/aromatic N) is 1. The number of esters is 1. The highest BCUT2D eigenvalue weighted by atomic mass is 32.2. The molecular weight excluding hydrogens is 610 g/mol. The fourth-order valence-electron chi connectivity index (χ4n) is 6.06. The molecule has 45 heavy (non-hydrogen) atoms. The first-order chi connectivity index (χ1) is 21.8. The number of amides is 4. The van der Waals surface area contributed by atoms with Gasteiger partial charge in [-0.1, -0.05) is 30.7 Å². The van der Waals surface area contributed by atoms with E-state index >= 15 is 0 Å². The van der Waals surface area contributed by atoms with Crippen molar-refractivity contribution in [3.8, 4) is 0 Å². The average Bonchev–Trinajstić information content (AvgIpc) is 3.70. The molecule has 0 radical (unpaired) electrons. The number of benzene rings is 1. The zero-order chi connectivity index (χ0) is 31.5. The van der Waals surface area contributed by atoms with Gasteiger partial charge >= 0.3 is 12.0 Å². The summed E-state index contributed by atoms with van der Waals surface area (Å²) in [5.74, 6) is -0.234. The minimum Gasteiger partial charge on any atom is -0.461 e. The van der Waals surface area contributed by atoms with Gasteiger partial charge in [0.1, 0.15) is 31.0 Å². The summed E-state index contributed by atoms with van der Waals surface area (Å²) in [5, 5.41) is 27.6. The Morgan fingerprint density at radius 1 is 1.02 bits per heavy atom. The van der Waals surface area contributed by atoms with Crippen LogP contribution in [-0.4, -0.2) is 112 Å². The summed E-state index contributed by atoms with van der Waals surface area (Å²) in [5.41, 5.74) is 1.47. The van der Waals surface area contributed by atoms with Crippen molar-refractivity contribution >= 4 is 35.6 Å². The molecule has 9 atom stereocenters. The van der Waals surface area contributed by atoms with E-state index in [9.17, 15) is 29.4 Å². The predicted octanol–water partition coefficient (Wildman–Crippen LogP) is 0.258. The Hall–Kier alpha value is -3.05. The number of hydrogen-bond donors (Lipinski definition) is 4. The number of carbonyl (C=O) groups is 4. The molecule has 0 spiro atoms. The maximum absolute atomic E-state index is 12.3. The third kappa shape index (κ3) is 7.35. The van der Waals surface area contributed by atoms with Gasteiger partial charge in [0.2, 0.25) is 0 Å². The Balaban J connectivity index is 0.896. The number of hydrogen-bond acceptors (Lipinski definition) is 12. The van der Waals surface area contributed by atoms with Crippen LogP contribution < -0.4 is 10.6 Å². The number of rotatable bonds is 12. The lowest BCUT2D eigenvalue weighted by molar-refractivity contribution is -0.361. The average molecular weight is 648 g/mol. The van der Waals surface area contributed by atoms with Crippen LogP contribution in [0.1, 0.15) is 43.1 Å². The van der Waals surface area contributed by atoms with Crippen molar-refractivity contribution in [2.24, 2.45) is 0 Å². The first-order valence-electron chi connectivity index (χ1n) is 15.1. The largest absolute Gasteiger partial charge is 0.461 e. The number of thioether (sulfide) groups is 1. The highest BCUT2D eigenvalue weighted by Gasteiger charge is 2.49. The molecule has 0 aliphatic carbocycles. The first-order valence-corrected chi connectivity index (χ1v) is 16.2. The highest BCUT2D eigenvalue weighted by molar-refractivity contribution is 8.00. The van der Waals surface area contributed by atoms with Crippen molar-refractivity contribution in [2.45, 2.75) is 86.6 Å². The van der Waals surface area contributed by atoms with Crippen LogP contribution in [-0.2, 0) is 44.7 Å². The Labute approximate surface area is 263 Å². The molecule has 4 saturated heterocycles.